The highest BCUT2D eigenvalue weighted by Crippen LogP contribution is 2.28. The molecule has 0 saturated carbocycles. The van der Waals surface area contributed by atoms with E-state index in [-0.39, 0.29) is 17.6 Å². The largest absolute Gasteiger partial charge is 0.379 e. The molecule has 3 heterocycles. The molecule has 0 saturated heterocycles. The van der Waals surface area contributed by atoms with Crippen LogP contribution in [0.4, 0.5) is 0 Å². The summed E-state index contributed by atoms with van der Waals surface area (Å²) < 4.78 is 7.20. The van der Waals surface area contributed by atoms with Gasteiger partial charge in [-0.05, 0) is 39.2 Å². The third-order valence-corrected chi connectivity index (χ3v) is 5.36. The molecule has 0 radical (unpaired) electrons. The summed E-state index contributed by atoms with van der Waals surface area (Å²) in [5, 5.41) is 3.50. The number of aromatic nitrogens is 2. The lowest BCUT2D eigenvalue weighted by atomic mass is 10.2. The number of rotatable bonds is 6. The number of ether oxygens (including phenoxy) is 1. The molecule has 1 amide bonds. The van der Waals surface area contributed by atoms with Gasteiger partial charge in [0.15, 0.2) is 0 Å². The van der Waals surface area contributed by atoms with Crippen molar-refractivity contribution in [2.24, 2.45) is 0 Å². The van der Waals surface area contributed by atoms with Gasteiger partial charge in [-0.15, -0.1) is 11.3 Å². The lowest BCUT2D eigenvalue weighted by Crippen LogP contribution is -2.25. The molecular formula is C17H23N3O3S. The van der Waals surface area contributed by atoms with Crippen molar-refractivity contribution in [3.63, 3.8) is 0 Å². The molecule has 6 nitrogen and oxygen atoms in total. The smallest absolute Gasteiger partial charge is 0.262 e. The van der Waals surface area contributed by atoms with Crippen molar-refractivity contribution in [3.8, 4) is 0 Å². The second-order valence-corrected chi connectivity index (χ2v) is 7.35. The number of fused-ring (bicyclic) bond motifs is 2. The van der Waals surface area contributed by atoms with Gasteiger partial charge in [-0.1, -0.05) is 0 Å². The maximum Gasteiger partial charge on any atom is 0.262 e. The highest BCUT2D eigenvalue weighted by molar-refractivity contribution is 7.20. The molecule has 1 aliphatic heterocycles. The van der Waals surface area contributed by atoms with E-state index in [0.29, 0.717) is 28.2 Å². The number of nitrogens with one attached hydrogen (secondary N) is 1. The Morgan fingerprint density at radius 2 is 2.25 bits per heavy atom. The molecule has 130 valence electrons. The van der Waals surface area contributed by atoms with Crippen molar-refractivity contribution in [3.05, 3.63) is 26.6 Å². The SMILES string of the molecule is Cc1c(C(=O)NCCCOC(C)C)sc2nc3n(c(=O)c12)CCC3. The summed E-state index contributed by atoms with van der Waals surface area (Å²) in [6.45, 7) is 7.72. The van der Waals surface area contributed by atoms with E-state index < -0.39 is 0 Å². The van der Waals surface area contributed by atoms with Gasteiger partial charge in [-0.2, -0.15) is 0 Å². The van der Waals surface area contributed by atoms with Gasteiger partial charge in [-0.3, -0.25) is 14.2 Å². The maximum absolute atomic E-state index is 12.6. The Kier molecular flexibility index (Phi) is 5.01. The van der Waals surface area contributed by atoms with E-state index >= 15 is 0 Å². The van der Waals surface area contributed by atoms with Crippen molar-refractivity contribution < 1.29 is 9.53 Å². The number of hydrogen-bond donors (Lipinski definition) is 1. The zero-order valence-corrected chi connectivity index (χ0v) is 15.2. The van der Waals surface area contributed by atoms with Crippen molar-refractivity contribution in [2.75, 3.05) is 13.2 Å². The van der Waals surface area contributed by atoms with Crippen LogP contribution in [-0.4, -0.2) is 34.7 Å². The minimum absolute atomic E-state index is 0.00867. The number of amides is 1. The average Bonchev–Trinajstić information content (AvgIpc) is 3.12. The summed E-state index contributed by atoms with van der Waals surface area (Å²) >= 11 is 1.31. The van der Waals surface area contributed by atoms with Crippen LogP contribution in [0.25, 0.3) is 10.2 Å². The average molecular weight is 349 g/mol. The number of aryl methyl sites for hydroxylation is 2. The number of carbonyl (C=O) groups is 1. The van der Waals surface area contributed by atoms with Crippen molar-refractivity contribution >= 4 is 27.5 Å². The number of hydrogen-bond acceptors (Lipinski definition) is 5. The first-order valence-electron chi connectivity index (χ1n) is 8.41. The van der Waals surface area contributed by atoms with Crippen LogP contribution in [0.15, 0.2) is 4.79 Å². The lowest BCUT2D eigenvalue weighted by molar-refractivity contribution is 0.0757. The van der Waals surface area contributed by atoms with E-state index in [4.69, 9.17) is 4.74 Å². The van der Waals surface area contributed by atoms with Gasteiger partial charge in [0.2, 0.25) is 0 Å². The Morgan fingerprint density at radius 3 is 3.00 bits per heavy atom. The second kappa shape index (κ2) is 7.03. The first-order valence-corrected chi connectivity index (χ1v) is 9.23. The number of carbonyl (C=O) groups excluding carboxylic acids is 1. The summed E-state index contributed by atoms with van der Waals surface area (Å²) in [6.07, 6.45) is 2.76. The van der Waals surface area contributed by atoms with Gasteiger partial charge < -0.3 is 10.1 Å². The first kappa shape index (κ1) is 17.1. The van der Waals surface area contributed by atoms with Crippen LogP contribution in [0.5, 0.6) is 0 Å². The molecule has 0 atom stereocenters. The minimum atomic E-state index is -0.135. The Balaban J connectivity index is 1.76. The maximum atomic E-state index is 12.6. The fourth-order valence-corrected chi connectivity index (χ4v) is 4.07. The molecule has 0 unspecified atom stereocenters. The Morgan fingerprint density at radius 1 is 1.46 bits per heavy atom. The van der Waals surface area contributed by atoms with Gasteiger partial charge in [0.1, 0.15) is 10.7 Å². The summed E-state index contributed by atoms with van der Waals surface area (Å²) in [7, 11) is 0. The van der Waals surface area contributed by atoms with Crippen molar-refractivity contribution in [2.45, 2.75) is 52.7 Å². The second-order valence-electron chi connectivity index (χ2n) is 6.35. The fourth-order valence-electron chi connectivity index (χ4n) is 2.97. The highest BCUT2D eigenvalue weighted by atomic mass is 32.1. The summed E-state index contributed by atoms with van der Waals surface area (Å²) in [6, 6.07) is 0. The minimum Gasteiger partial charge on any atom is -0.379 e. The third-order valence-electron chi connectivity index (χ3n) is 4.18. The van der Waals surface area contributed by atoms with Crippen molar-refractivity contribution in [1.82, 2.24) is 14.9 Å². The van der Waals surface area contributed by atoms with Gasteiger partial charge in [0, 0.05) is 26.1 Å². The monoisotopic (exact) mass is 349 g/mol. The Bertz CT molecular complexity index is 823. The van der Waals surface area contributed by atoms with Crippen molar-refractivity contribution in [1.29, 1.82) is 0 Å². The van der Waals surface area contributed by atoms with E-state index in [1.54, 1.807) is 4.57 Å². The van der Waals surface area contributed by atoms with E-state index in [1.165, 1.54) is 11.3 Å². The van der Waals surface area contributed by atoms with Crippen LogP contribution in [0.1, 0.15) is 47.7 Å². The molecular weight excluding hydrogens is 326 g/mol. The van der Waals surface area contributed by atoms with Gasteiger partial charge >= 0.3 is 0 Å². The normalized spacial score (nSPS) is 13.7. The molecule has 0 aliphatic carbocycles. The van der Waals surface area contributed by atoms with E-state index in [0.717, 1.165) is 37.2 Å². The predicted octanol–water partition coefficient (Wildman–Crippen LogP) is 2.26. The van der Waals surface area contributed by atoms with Crippen LogP contribution < -0.4 is 10.9 Å². The molecule has 0 aromatic carbocycles. The molecule has 24 heavy (non-hydrogen) atoms. The molecule has 0 fully saturated rings. The standard InChI is InChI=1S/C17H23N3O3S/c1-10(2)23-9-5-7-18-15(21)14-11(3)13-16(24-14)19-12-6-4-8-20(12)17(13)22/h10H,4-9H2,1-3H3,(H,18,21). The molecule has 2 aromatic heterocycles. The van der Waals surface area contributed by atoms with E-state index in [1.807, 2.05) is 20.8 Å². The molecule has 1 N–H and O–H groups in total. The fraction of sp³-hybridized carbons (Fsp3) is 0.588. The third kappa shape index (κ3) is 3.23. The first-order chi connectivity index (χ1) is 11.5. The van der Waals surface area contributed by atoms with Crippen LogP contribution in [0.3, 0.4) is 0 Å². The van der Waals surface area contributed by atoms with Crippen LogP contribution in [-0.2, 0) is 17.7 Å². The zero-order valence-electron chi connectivity index (χ0n) is 14.3. The summed E-state index contributed by atoms with van der Waals surface area (Å²) in [4.78, 5) is 30.9. The van der Waals surface area contributed by atoms with Crippen LogP contribution >= 0.6 is 11.3 Å². The van der Waals surface area contributed by atoms with Crippen LogP contribution in [0.2, 0.25) is 0 Å². The quantitative estimate of drug-likeness (QED) is 0.812. The highest BCUT2D eigenvalue weighted by Gasteiger charge is 2.23. The van der Waals surface area contributed by atoms with Crippen LogP contribution in [0, 0.1) is 6.92 Å². The molecule has 0 spiro atoms. The predicted molar refractivity (Wildman–Crippen MR) is 95.0 cm³/mol. The topological polar surface area (TPSA) is 73.2 Å². The Labute approximate surface area is 144 Å². The summed E-state index contributed by atoms with van der Waals surface area (Å²) in [5.41, 5.74) is 0.733. The number of thiophene rings is 1. The van der Waals surface area contributed by atoms with E-state index in [2.05, 4.69) is 10.3 Å². The van der Waals surface area contributed by atoms with Gasteiger partial charge in [-0.25, -0.2) is 4.98 Å². The van der Waals surface area contributed by atoms with Gasteiger partial charge in [0.05, 0.1) is 16.4 Å². The zero-order chi connectivity index (χ0) is 17.3. The lowest BCUT2D eigenvalue weighted by Gasteiger charge is -2.08. The summed E-state index contributed by atoms with van der Waals surface area (Å²) in [5.74, 6) is 0.705. The van der Waals surface area contributed by atoms with Gasteiger partial charge in [0.25, 0.3) is 11.5 Å². The Hall–Kier alpha value is -1.73. The molecule has 0 bridgehead atoms. The number of nitrogens with zero attached hydrogens (tertiary/aromatic N) is 2. The van der Waals surface area contributed by atoms with E-state index in [9.17, 15) is 9.59 Å². The molecule has 2 aromatic rings. The molecule has 3 rings (SSSR count). The molecule has 7 heteroatoms. The molecule has 1 aliphatic rings.